The van der Waals surface area contributed by atoms with Crippen LogP contribution in [0.5, 0.6) is 0 Å². The summed E-state index contributed by atoms with van der Waals surface area (Å²) in [5.74, 6) is -0.635. The molecule has 0 amide bonds. The number of halogens is 1. The summed E-state index contributed by atoms with van der Waals surface area (Å²) >= 11 is 0. The molecule has 0 atom stereocenters. The molecule has 0 aromatic heterocycles. The van der Waals surface area contributed by atoms with Crippen LogP contribution in [0.3, 0.4) is 0 Å². The van der Waals surface area contributed by atoms with Gasteiger partial charge >= 0.3 is 5.97 Å². The molecule has 1 aliphatic rings. The van der Waals surface area contributed by atoms with Crippen LogP contribution in [0, 0.1) is 12.7 Å². The van der Waals surface area contributed by atoms with Gasteiger partial charge in [-0.3, -0.25) is 0 Å². The molecule has 0 spiro atoms. The lowest BCUT2D eigenvalue weighted by Crippen LogP contribution is -2.59. The molecule has 0 radical (unpaired) electrons. The Bertz CT molecular complexity index is 478. The summed E-state index contributed by atoms with van der Waals surface area (Å²) in [6.07, 6.45) is 1.08. The zero-order chi connectivity index (χ0) is 14.8. The van der Waals surface area contributed by atoms with Gasteiger partial charge in [-0.2, -0.15) is 0 Å². The highest BCUT2D eigenvalue weighted by Crippen LogP contribution is 2.38. The lowest BCUT2D eigenvalue weighted by atomic mass is 9.74. The van der Waals surface area contributed by atoms with Crippen molar-refractivity contribution in [2.75, 3.05) is 19.0 Å². The van der Waals surface area contributed by atoms with Gasteiger partial charge in [0.05, 0.1) is 12.7 Å². The van der Waals surface area contributed by atoms with E-state index in [0.717, 1.165) is 5.56 Å². The van der Waals surface area contributed by atoms with E-state index < -0.39 is 5.54 Å². The zero-order valence-electron chi connectivity index (χ0n) is 12.0. The molecule has 1 N–H and O–H groups in total. The second kappa shape index (κ2) is 5.79. The summed E-state index contributed by atoms with van der Waals surface area (Å²) in [5, 5.41) is 3.13. The summed E-state index contributed by atoms with van der Waals surface area (Å²) in [4.78, 5) is 12.1. The van der Waals surface area contributed by atoms with Crippen LogP contribution in [0.15, 0.2) is 18.2 Å². The van der Waals surface area contributed by atoms with Gasteiger partial charge in [0.1, 0.15) is 11.4 Å². The lowest BCUT2D eigenvalue weighted by Gasteiger charge is -2.45. The molecule has 1 fully saturated rings. The number of carbonyl (C=O) groups is 1. The molecule has 1 saturated carbocycles. The van der Waals surface area contributed by atoms with Crippen molar-refractivity contribution in [2.24, 2.45) is 0 Å². The van der Waals surface area contributed by atoms with Crippen LogP contribution in [-0.4, -0.2) is 31.3 Å². The van der Waals surface area contributed by atoms with E-state index in [1.807, 2.05) is 13.0 Å². The maximum absolute atomic E-state index is 13.4. The molecule has 0 heterocycles. The van der Waals surface area contributed by atoms with Gasteiger partial charge in [0, 0.05) is 25.6 Å². The van der Waals surface area contributed by atoms with Crippen LogP contribution in [0.25, 0.3) is 0 Å². The predicted octanol–water partition coefficient (Wildman–Crippen LogP) is 2.66. The number of hydrogen-bond acceptors (Lipinski definition) is 4. The molecule has 0 bridgehead atoms. The zero-order valence-corrected chi connectivity index (χ0v) is 12.0. The van der Waals surface area contributed by atoms with Crippen LogP contribution in [-0.2, 0) is 14.3 Å². The Morgan fingerprint density at radius 1 is 1.45 bits per heavy atom. The van der Waals surface area contributed by atoms with E-state index >= 15 is 0 Å². The number of aryl methyl sites for hydroxylation is 1. The number of rotatable bonds is 5. The number of esters is 1. The number of ether oxygens (including phenoxy) is 2. The van der Waals surface area contributed by atoms with Crippen molar-refractivity contribution in [3.63, 3.8) is 0 Å². The number of anilines is 1. The molecule has 1 aromatic rings. The standard InChI is InChI=1S/C15H20FNO3/c1-4-20-14(18)15(8-13(9-15)19-3)17-12-6-10(2)5-11(16)7-12/h5-7,13,17H,4,8-9H2,1-3H3. The molecule has 1 aromatic carbocycles. The summed E-state index contributed by atoms with van der Waals surface area (Å²) < 4.78 is 23.8. The molecule has 0 aliphatic heterocycles. The summed E-state index contributed by atoms with van der Waals surface area (Å²) in [7, 11) is 1.62. The fraction of sp³-hybridized carbons (Fsp3) is 0.533. The van der Waals surface area contributed by atoms with Crippen LogP contribution >= 0.6 is 0 Å². The third-order valence-electron chi connectivity index (χ3n) is 3.58. The molecular formula is C15H20FNO3. The molecule has 1 aliphatic carbocycles. The maximum atomic E-state index is 13.4. The Labute approximate surface area is 118 Å². The van der Waals surface area contributed by atoms with Crippen LogP contribution < -0.4 is 5.32 Å². The average Bonchev–Trinajstić information content (AvgIpc) is 2.32. The second-order valence-corrected chi connectivity index (χ2v) is 5.21. The van der Waals surface area contributed by atoms with Gasteiger partial charge in [-0.05, 0) is 37.6 Å². The normalized spacial score (nSPS) is 24.9. The fourth-order valence-corrected chi connectivity index (χ4v) is 2.56. The monoisotopic (exact) mass is 281 g/mol. The Balaban J connectivity index is 2.18. The molecular weight excluding hydrogens is 261 g/mol. The Morgan fingerprint density at radius 2 is 2.15 bits per heavy atom. The summed E-state index contributed by atoms with van der Waals surface area (Å²) in [6.45, 7) is 3.90. The quantitative estimate of drug-likeness (QED) is 0.843. The number of nitrogens with one attached hydrogen (secondary N) is 1. The van der Waals surface area contributed by atoms with Gasteiger partial charge in [0.25, 0.3) is 0 Å². The summed E-state index contributed by atoms with van der Waals surface area (Å²) in [6, 6.07) is 4.64. The van der Waals surface area contributed by atoms with Crippen molar-refractivity contribution in [1.29, 1.82) is 0 Å². The number of benzene rings is 1. The van der Waals surface area contributed by atoms with E-state index in [4.69, 9.17) is 9.47 Å². The highest BCUT2D eigenvalue weighted by atomic mass is 19.1. The van der Waals surface area contributed by atoms with Crippen LogP contribution in [0.4, 0.5) is 10.1 Å². The van der Waals surface area contributed by atoms with Crippen molar-refractivity contribution in [2.45, 2.75) is 38.3 Å². The third-order valence-corrected chi connectivity index (χ3v) is 3.58. The number of methoxy groups -OCH3 is 1. The van der Waals surface area contributed by atoms with E-state index in [-0.39, 0.29) is 17.9 Å². The number of hydrogen-bond donors (Lipinski definition) is 1. The molecule has 2 rings (SSSR count). The SMILES string of the molecule is CCOC(=O)C1(Nc2cc(C)cc(F)c2)CC(OC)C1. The highest BCUT2D eigenvalue weighted by molar-refractivity contribution is 5.86. The smallest absolute Gasteiger partial charge is 0.331 e. The van der Waals surface area contributed by atoms with Gasteiger partial charge in [-0.1, -0.05) is 0 Å². The van der Waals surface area contributed by atoms with Crippen molar-refractivity contribution < 1.29 is 18.7 Å². The van der Waals surface area contributed by atoms with Crippen LogP contribution in [0.1, 0.15) is 25.3 Å². The predicted molar refractivity (Wildman–Crippen MR) is 74.2 cm³/mol. The van der Waals surface area contributed by atoms with Crippen LogP contribution in [0.2, 0.25) is 0 Å². The van der Waals surface area contributed by atoms with Crippen molar-refractivity contribution in [1.82, 2.24) is 0 Å². The largest absolute Gasteiger partial charge is 0.464 e. The molecule has 4 nitrogen and oxygen atoms in total. The van der Waals surface area contributed by atoms with E-state index in [0.29, 0.717) is 25.1 Å². The van der Waals surface area contributed by atoms with Gasteiger partial charge in [-0.25, -0.2) is 9.18 Å². The fourth-order valence-electron chi connectivity index (χ4n) is 2.56. The van der Waals surface area contributed by atoms with E-state index in [1.54, 1.807) is 14.0 Å². The first kappa shape index (κ1) is 14.8. The van der Waals surface area contributed by atoms with Gasteiger partial charge in [-0.15, -0.1) is 0 Å². The molecule has 5 heteroatoms. The topological polar surface area (TPSA) is 47.6 Å². The molecule has 110 valence electrons. The highest BCUT2D eigenvalue weighted by Gasteiger charge is 2.52. The van der Waals surface area contributed by atoms with E-state index in [2.05, 4.69) is 5.32 Å². The minimum Gasteiger partial charge on any atom is -0.464 e. The first-order valence-corrected chi connectivity index (χ1v) is 6.74. The lowest BCUT2D eigenvalue weighted by molar-refractivity contribution is -0.157. The van der Waals surface area contributed by atoms with Gasteiger partial charge in [0.15, 0.2) is 0 Å². The molecule has 20 heavy (non-hydrogen) atoms. The van der Waals surface area contributed by atoms with Crippen molar-refractivity contribution in [3.8, 4) is 0 Å². The molecule has 0 saturated heterocycles. The minimum absolute atomic E-state index is 0.0292. The summed E-state index contributed by atoms with van der Waals surface area (Å²) in [5.41, 5.74) is 0.580. The second-order valence-electron chi connectivity index (χ2n) is 5.21. The van der Waals surface area contributed by atoms with E-state index in [1.165, 1.54) is 12.1 Å². The average molecular weight is 281 g/mol. The Morgan fingerprint density at radius 3 is 2.70 bits per heavy atom. The molecule has 0 unspecified atom stereocenters. The van der Waals surface area contributed by atoms with Gasteiger partial charge < -0.3 is 14.8 Å². The first-order chi connectivity index (χ1) is 9.49. The van der Waals surface area contributed by atoms with Crippen molar-refractivity contribution >= 4 is 11.7 Å². The third kappa shape index (κ3) is 2.93. The first-order valence-electron chi connectivity index (χ1n) is 6.74. The maximum Gasteiger partial charge on any atom is 0.331 e. The van der Waals surface area contributed by atoms with Gasteiger partial charge in [0.2, 0.25) is 0 Å². The minimum atomic E-state index is -0.809. The van der Waals surface area contributed by atoms with E-state index in [9.17, 15) is 9.18 Å². The number of carbonyl (C=O) groups excluding carboxylic acids is 1. The van der Waals surface area contributed by atoms with Crippen molar-refractivity contribution in [3.05, 3.63) is 29.6 Å². The Kier molecular flexibility index (Phi) is 4.28. The Hall–Kier alpha value is -1.62.